The van der Waals surface area contributed by atoms with E-state index in [9.17, 15) is 0 Å². The highest BCUT2D eigenvalue weighted by Gasteiger charge is 2.08. The van der Waals surface area contributed by atoms with Crippen LogP contribution in [0.4, 0.5) is 5.69 Å². The lowest BCUT2D eigenvalue weighted by Crippen LogP contribution is -3.00. The third kappa shape index (κ3) is 10.8. The van der Waals surface area contributed by atoms with Crippen LogP contribution in [-0.2, 0) is 0 Å². The Balaban J connectivity index is -0.000000249. The van der Waals surface area contributed by atoms with E-state index in [2.05, 4.69) is 52.0 Å². The molecular formula is C12H22I2N2. The molecule has 0 saturated carbocycles. The van der Waals surface area contributed by atoms with E-state index in [1.54, 1.807) is 6.08 Å². The molecule has 0 atom stereocenters. The van der Waals surface area contributed by atoms with Crippen molar-refractivity contribution in [2.45, 2.75) is 0 Å². The summed E-state index contributed by atoms with van der Waals surface area (Å²) in [4.78, 5) is 0. The zero-order valence-corrected chi connectivity index (χ0v) is 14.7. The van der Waals surface area contributed by atoms with Gasteiger partial charge in [-0.3, -0.25) is 4.48 Å². The van der Waals surface area contributed by atoms with Crippen LogP contribution in [0.1, 0.15) is 0 Å². The van der Waals surface area contributed by atoms with E-state index in [0.29, 0.717) is 6.54 Å². The van der Waals surface area contributed by atoms with Gasteiger partial charge in [-0.1, -0.05) is 24.3 Å². The standard InChI is InChI=1S/C9H14N.C3H7N.2HI/c1-10(2,3)9-7-5-4-6-8-9;1-2-3-4;;/h4-8H,1-3H3;2H,1,3-4H2;2*1H/q+1;;;/p-1. The van der Waals surface area contributed by atoms with Gasteiger partial charge in [0.2, 0.25) is 0 Å². The minimum Gasteiger partial charge on any atom is -1.00 e. The van der Waals surface area contributed by atoms with Gasteiger partial charge < -0.3 is 29.7 Å². The lowest BCUT2D eigenvalue weighted by molar-refractivity contribution is -0.00000338. The topological polar surface area (TPSA) is 26.0 Å². The van der Waals surface area contributed by atoms with Gasteiger partial charge in [-0.2, -0.15) is 0 Å². The summed E-state index contributed by atoms with van der Waals surface area (Å²) in [5.74, 6) is 0. The molecule has 0 aliphatic rings. The van der Waals surface area contributed by atoms with Gasteiger partial charge in [0.25, 0.3) is 0 Å². The molecule has 94 valence electrons. The Morgan fingerprint density at radius 3 is 1.75 bits per heavy atom. The highest BCUT2D eigenvalue weighted by Crippen LogP contribution is 2.14. The molecule has 0 amide bonds. The maximum atomic E-state index is 4.91. The molecular weight excluding hydrogens is 426 g/mol. The average Bonchev–Trinajstić information content (AvgIpc) is 2.18. The van der Waals surface area contributed by atoms with Crippen molar-refractivity contribution < 1.29 is 24.0 Å². The molecule has 2 N–H and O–H groups in total. The lowest BCUT2D eigenvalue weighted by Gasteiger charge is -2.22. The van der Waals surface area contributed by atoms with E-state index in [1.807, 2.05) is 6.07 Å². The van der Waals surface area contributed by atoms with Gasteiger partial charge in [0.05, 0.1) is 21.1 Å². The minimum atomic E-state index is 0. The summed E-state index contributed by atoms with van der Waals surface area (Å²) < 4.78 is 0.890. The van der Waals surface area contributed by atoms with Crippen molar-refractivity contribution in [2.75, 3.05) is 27.7 Å². The van der Waals surface area contributed by atoms with Crippen molar-refractivity contribution in [1.29, 1.82) is 0 Å². The number of hydrogen-bond acceptors (Lipinski definition) is 1. The first kappa shape index (κ1) is 21.6. The van der Waals surface area contributed by atoms with Crippen molar-refractivity contribution in [3.8, 4) is 0 Å². The minimum absolute atomic E-state index is 0. The molecule has 1 aromatic carbocycles. The first-order valence-corrected chi connectivity index (χ1v) is 4.70. The number of nitrogens with two attached hydrogens (primary N) is 1. The molecule has 0 aromatic heterocycles. The van der Waals surface area contributed by atoms with Crippen molar-refractivity contribution in [3.63, 3.8) is 0 Å². The Bertz CT molecular complexity index is 255. The molecule has 0 aliphatic heterocycles. The van der Waals surface area contributed by atoms with Crippen molar-refractivity contribution in [2.24, 2.45) is 5.73 Å². The number of nitrogens with zero attached hydrogens (tertiary/aromatic N) is 1. The Morgan fingerprint density at radius 1 is 1.19 bits per heavy atom. The van der Waals surface area contributed by atoms with Crippen LogP contribution in [0.2, 0.25) is 0 Å². The van der Waals surface area contributed by atoms with Crippen molar-refractivity contribution in [1.82, 2.24) is 4.48 Å². The van der Waals surface area contributed by atoms with Crippen molar-refractivity contribution in [3.05, 3.63) is 43.0 Å². The van der Waals surface area contributed by atoms with Gasteiger partial charge in [-0.15, -0.1) is 30.6 Å². The summed E-state index contributed by atoms with van der Waals surface area (Å²) in [7, 11) is 6.49. The molecule has 4 heteroatoms. The smallest absolute Gasteiger partial charge is 0.132 e. The predicted molar refractivity (Wildman–Crippen MR) is 80.7 cm³/mol. The summed E-state index contributed by atoms with van der Waals surface area (Å²) in [5, 5.41) is 0. The summed E-state index contributed by atoms with van der Waals surface area (Å²) in [6.07, 6.45) is 1.65. The normalized spacial score (nSPS) is 8.75. The fourth-order valence-corrected chi connectivity index (χ4v) is 0.875. The van der Waals surface area contributed by atoms with Crippen LogP contribution in [0.5, 0.6) is 0 Å². The molecule has 0 aliphatic carbocycles. The summed E-state index contributed by atoms with van der Waals surface area (Å²) in [6, 6.07) is 10.5. The Morgan fingerprint density at radius 2 is 1.56 bits per heavy atom. The number of hydrogen-bond donors (Lipinski definition) is 1. The Labute approximate surface area is 134 Å². The molecule has 1 rings (SSSR count). The second-order valence-corrected chi connectivity index (χ2v) is 3.87. The lowest BCUT2D eigenvalue weighted by atomic mass is 10.3. The van der Waals surface area contributed by atoms with E-state index < -0.39 is 0 Å². The number of halogens is 2. The molecule has 0 unspecified atom stereocenters. The molecule has 16 heavy (non-hydrogen) atoms. The second-order valence-electron chi connectivity index (χ2n) is 3.87. The molecule has 0 heterocycles. The quantitative estimate of drug-likeness (QED) is 0.374. The molecule has 0 bridgehead atoms. The molecule has 0 radical (unpaired) electrons. The van der Waals surface area contributed by atoms with Crippen LogP contribution in [0, 0.1) is 0 Å². The monoisotopic (exact) mass is 448 g/mol. The second kappa shape index (κ2) is 11.8. The number of rotatable bonds is 2. The molecule has 1 aromatic rings. The van der Waals surface area contributed by atoms with Crippen LogP contribution in [0.15, 0.2) is 43.0 Å². The van der Waals surface area contributed by atoms with Gasteiger partial charge in [-0.25, -0.2) is 0 Å². The fraction of sp³-hybridized carbons (Fsp3) is 0.333. The number of para-hydroxylation sites is 1. The van der Waals surface area contributed by atoms with Crippen LogP contribution in [0.3, 0.4) is 0 Å². The largest absolute Gasteiger partial charge is 1.00 e. The van der Waals surface area contributed by atoms with Gasteiger partial charge in [-0.05, 0) is 12.1 Å². The third-order valence-electron chi connectivity index (χ3n) is 1.70. The maximum Gasteiger partial charge on any atom is 0.132 e. The van der Waals surface area contributed by atoms with E-state index in [0.717, 1.165) is 4.48 Å². The highest BCUT2D eigenvalue weighted by atomic mass is 127. The fourth-order valence-electron chi connectivity index (χ4n) is 0.875. The van der Waals surface area contributed by atoms with Crippen LogP contribution in [0.25, 0.3) is 0 Å². The number of quaternary nitrogens is 1. The Hall–Kier alpha value is 0.340. The summed E-state index contributed by atoms with van der Waals surface area (Å²) >= 11 is 0. The van der Waals surface area contributed by atoms with Crippen LogP contribution < -0.4 is 34.2 Å². The van der Waals surface area contributed by atoms with Gasteiger partial charge in [0, 0.05) is 6.54 Å². The average molecular weight is 448 g/mol. The molecule has 2 nitrogen and oxygen atoms in total. The first-order valence-electron chi connectivity index (χ1n) is 4.70. The first-order chi connectivity index (χ1) is 6.52. The zero-order valence-electron chi connectivity index (χ0n) is 10.2. The van der Waals surface area contributed by atoms with Crippen LogP contribution >= 0.6 is 24.0 Å². The molecule has 0 spiro atoms. The summed E-state index contributed by atoms with van der Waals surface area (Å²) in [5.41, 5.74) is 6.25. The van der Waals surface area contributed by atoms with Gasteiger partial charge in [0.15, 0.2) is 0 Å². The van der Waals surface area contributed by atoms with E-state index >= 15 is 0 Å². The SMILES string of the molecule is C=CCN.C[N+](C)(C)c1ccccc1.I.[I-]. The molecule has 0 fully saturated rings. The van der Waals surface area contributed by atoms with E-state index in [1.165, 1.54) is 5.69 Å². The van der Waals surface area contributed by atoms with Crippen LogP contribution in [-0.4, -0.2) is 27.7 Å². The maximum absolute atomic E-state index is 4.91. The van der Waals surface area contributed by atoms with E-state index in [4.69, 9.17) is 5.73 Å². The predicted octanol–water partition coefficient (Wildman–Crippen LogP) is -0.364. The highest BCUT2D eigenvalue weighted by molar-refractivity contribution is 14.0. The summed E-state index contributed by atoms with van der Waals surface area (Å²) in [6.45, 7) is 3.94. The third-order valence-corrected chi connectivity index (χ3v) is 1.70. The van der Waals surface area contributed by atoms with Gasteiger partial charge in [0.1, 0.15) is 5.69 Å². The zero-order chi connectivity index (χ0) is 11.0. The van der Waals surface area contributed by atoms with E-state index in [-0.39, 0.29) is 48.0 Å². The van der Waals surface area contributed by atoms with Gasteiger partial charge >= 0.3 is 0 Å². The van der Waals surface area contributed by atoms with Crippen molar-refractivity contribution >= 4 is 29.7 Å². The number of benzene rings is 1. The molecule has 0 saturated heterocycles. The Kier molecular flexibility index (Phi) is 16.0.